The Morgan fingerprint density at radius 1 is 0.867 bits per heavy atom. The van der Waals surface area contributed by atoms with Crippen molar-refractivity contribution >= 4 is 0 Å². The van der Waals surface area contributed by atoms with Gasteiger partial charge in [-0.2, -0.15) is 0 Å². The summed E-state index contributed by atoms with van der Waals surface area (Å²) >= 11 is 0. The van der Waals surface area contributed by atoms with Gasteiger partial charge < -0.3 is 14.5 Å². The van der Waals surface area contributed by atoms with Crippen LogP contribution in [0.15, 0.2) is 65.5 Å². The van der Waals surface area contributed by atoms with Crippen LogP contribution in [-0.2, 0) is 12.8 Å². The van der Waals surface area contributed by atoms with Gasteiger partial charge in [-0.1, -0.05) is 24.3 Å². The average molecular weight is 413 g/mol. The number of ether oxygens (including phenoxy) is 2. The molecule has 0 spiro atoms. The van der Waals surface area contributed by atoms with E-state index in [0.29, 0.717) is 23.5 Å². The van der Waals surface area contributed by atoms with Gasteiger partial charge in [-0.25, -0.2) is 0 Å². The molecular formula is C23H18F3NO3. The molecule has 0 amide bonds. The molecule has 154 valence electrons. The molecule has 2 aromatic carbocycles. The lowest BCUT2D eigenvalue weighted by atomic mass is 9.95. The first-order valence-electron chi connectivity index (χ1n) is 9.34. The second-order valence-electron chi connectivity index (χ2n) is 6.94. The minimum absolute atomic E-state index is 0.0273. The van der Waals surface area contributed by atoms with Gasteiger partial charge in [-0.15, -0.1) is 13.2 Å². The maximum absolute atomic E-state index is 13.0. The van der Waals surface area contributed by atoms with Crippen LogP contribution < -0.4 is 14.9 Å². The lowest BCUT2D eigenvalue weighted by Crippen LogP contribution is -2.19. The number of hydrogen-bond acceptors (Lipinski definition) is 3. The zero-order valence-corrected chi connectivity index (χ0v) is 16.0. The Bertz CT molecular complexity index is 1140. The van der Waals surface area contributed by atoms with Crippen molar-refractivity contribution in [2.45, 2.75) is 26.1 Å². The molecule has 1 aliphatic carbocycles. The molecular weight excluding hydrogens is 395 g/mol. The summed E-state index contributed by atoms with van der Waals surface area (Å²) in [4.78, 5) is 16.3. The van der Waals surface area contributed by atoms with Gasteiger partial charge in [0.15, 0.2) is 5.43 Å². The van der Waals surface area contributed by atoms with Gasteiger partial charge in [0.25, 0.3) is 0 Å². The SMILES string of the molecule is Cc1[nH]c2c(c(=O)c1-c1ccc(Oc3ccc(OC(F)(F)F)cc3)cc1)CC=CC2. The van der Waals surface area contributed by atoms with Gasteiger partial charge in [0.1, 0.15) is 17.2 Å². The van der Waals surface area contributed by atoms with E-state index in [1.807, 2.05) is 19.1 Å². The van der Waals surface area contributed by atoms with E-state index in [4.69, 9.17) is 4.74 Å². The molecule has 1 N–H and O–H groups in total. The molecule has 0 saturated heterocycles. The van der Waals surface area contributed by atoms with Crippen molar-refractivity contribution in [2.75, 3.05) is 0 Å². The highest BCUT2D eigenvalue weighted by atomic mass is 19.4. The molecule has 0 unspecified atom stereocenters. The number of alkyl halides is 3. The normalized spacial score (nSPS) is 13.1. The zero-order valence-electron chi connectivity index (χ0n) is 16.0. The highest BCUT2D eigenvalue weighted by Crippen LogP contribution is 2.29. The third kappa shape index (κ3) is 4.25. The quantitative estimate of drug-likeness (QED) is 0.559. The number of nitrogens with one attached hydrogen (secondary N) is 1. The molecule has 0 saturated carbocycles. The van der Waals surface area contributed by atoms with Gasteiger partial charge >= 0.3 is 6.36 Å². The standard InChI is InChI=1S/C23H18F3NO3/c1-14-21(22(28)19-4-2-3-5-20(19)27-14)15-6-8-16(9-7-15)29-17-10-12-18(13-11-17)30-23(24,25)26/h2-3,6-13H,4-5H2,1H3,(H,27,28). The summed E-state index contributed by atoms with van der Waals surface area (Å²) in [6.45, 7) is 1.88. The van der Waals surface area contributed by atoms with Gasteiger partial charge in [-0.05, 0) is 55.3 Å². The number of hydrogen-bond donors (Lipinski definition) is 1. The number of allylic oxidation sites excluding steroid dienone is 2. The summed E-state index contributed by atoms with van der Waals surface area (Å²) in [5, 5.41) is 0. The predicted molar refractivity (Wildman–Crippen MR) is 107 cm³/mol. The largest absolute Gasteiger partial charge is 0.573 e. The van der Waals surface area contributed by atoms with Crippen LogP contribution in [-0.4, -0.2) is 11.3 Å². The highest BCUT2D eigenvalue weighted by Gasteiger charge is 2.31. The first-order valence-corrected chi connectivity index (χ1v) is 9.34. The van der Waals surface area contributed by atoms with Crippen LogP contribution in [0.5, 0.6) is 17.2 Å². The van der Waals surface area contributed by atoms with Crippen molar-refractivity contribution in [3.05, 3.63) is 87.9 Å². The fourth-order valence-electron chi connectivity index (χ4n) is 3.50. The summed E-state index contributed by atoms with van der Waals surface area (Å²) in [5.41, 5.74) is 3.99. The van der Waals surface area contributed by atoms with E-state index >= 15 is 0 Å². The van der Waals surface area contributed by atoms with Gasteiger partial charge in [0.05, 0.1) is 0 Å². The van der Waals surface area contributed by atoms with Gasteiger partial charge in [0, 0.05) is 28.9 Å². The molecule has 0 aliphatic heterocycles. The van der Waals surface area contributed by atoms with Crippen LogP contribution in [0.3, 0.4) is 0 Å². The number of fused-ring (bicyclic) bond motifs is 1. The third-order valence-corrected chi connectivity index (χ3v) is 4.83. The van der Waals surface area contributed by atoms with E-state index in [2.05, 4.69) is 9.72 Å². The monoisotopic (exact) mass is 413 g/mol. The number of rotatable bonds is 4. The van der Waals surface area contributed by atoms with Crippen molar-refractivity contribution < 1.29 is 22.6 Å². The molecule has 0 radical (unpaired) electrons. The minimum Gasteiger partial charge on any atom is -0.457 e. The number of halogens is 3. The molecule has 3 aromatic rings. The molecule has 1 aliphatic rings. The van der Waals surface area contributed by atoms with Crippen molar-refractivity contribution in [3.63, 3.8) is 0 Å². The summed E-state index contributed by atoms with van der Waals surface area (Å²) in [5.74, 6) is 0.548. The van der Waals surface area contributed by atoms with Gasteiger partial charge in [0.2, 0.25) is 0 Å². The predicted octanol–water partition coefficient (Wildman–Crippen LogP) is 5.70. The third-order valence-electron chi connectivity index (χ3n) is 4.83. The molecule has 4 nitrogen and oxygen atoms in total. The number of aryl methyl sites for hydroxylation is 1. The number of H-pyrrole nitrogens is 1. The van der Waals surface area contributed by atoms with E-state index in [0.717, 1.165) is 28.9 Å². The highest BCUT2D eigenvalue weighted by molar-refractivity contribution is 5.68. The first-order chi connectivity index (χ1) is 14.3. The second-order valence-corrected chi connectivity index (χ2v) is 6.94. The molecule has 7 heteroatoms. The van der Waals surface area contributed by atoms with E-state index in [-0.39, 0.29) is 11.2 Å². The fraction of sp³-hybridized carbons (Fsp3) is 0.174. The minimum atomic E-state index is -4.73. The lowest BCUT2D eigenvalue weighted by molar-refractivity contribution is -0.274. The number of aromatic nitrogens is 1. The van der Waals surface area contributed by atoms with Crippen LogP contribution in [0.1, 0.15) is 17.0 Å². The molecule has 1 aromatic heterocycles. The molecule has 0 bridgehead atoms. The lowest BCUT2D eigenvalue weighted by Gasteiger charge is -2.15. The first kappa shape index (κ1) is 19.8. The molecule has 1 heterocycles. The van der Waals surface area contributed by atoms with E-state index < -0.39 is 6.36 Å². The fourth-order valence-corrected chi connectivity index (χ4v) is 3.50. The zero-order chi connectivity index (χ0) is 21.3. The Morgan fingerprint density at radius 3 is 2.07 bits per heavy atom. The maximum Gasteiger partial charge on any atom is 0.573 e. The van der Waals surface area contributed by atoms with Crippen LogP contribution in [0.2, 0.25) is 0 Å². The van der Waals surface area contributed by atoms with Crippen molar-refractivity contribution in [2.24, 2.45) is 0 Å². The van der Waals surface area contributed by atoms with E-state index in [1.165, 1.54) is 24.3 Å². The summed E-state index contributed by atoms with van der Waals surface area (Å²) in [7, 11) is 0. The van der Waals surface area contributed by atoms with E-state index in [1.54, 1.807) is 24.3 Å². The van der Waals surface area contributed by atoms with Crippen molar-refractivity contribution in [3.8, 4) is 28.4 Å². The summed E-state index contributed by atoms with van der Waals surface area (Å²) in [6.07, 6.45) is 0.656. The van der Waals surface area contributed by atoms with Crippen LogP contribution in [0.25, 0.3) is 11.1 Å². The van der Waals surface area contributed by atoms with Crippen LogP contribution in [0.4, 0.5) is 13.2 Å². The van der Waals surface area contributed by atoms with Crippen molar-refractivity contribution in [1.82, 2.24) is 4.98 Å². The maximum atomic E-state index is 13.0. The Kier molecular flexibility index (Phi) is 5.11. The molecule has 0 fully saturated rings. The number of benzene rings is 2. The summed E-state index contributed by atoms with van der Waals surface area (Å²) in [6, 6.07) is 12.2. The average Bonchev–Trinajstić information content (AvgIpc) is 2.70. The van der Waals surface area contributed by atoms with E-state index in [9.17, 15) is 18.0 Å². The Balaban J connectivity index is 1.54. The number of pyridine rings is 1. The molecule has 30 heavy (non-hydrogen) atoms. The Morgan fingerprint density at radius 2 is 1.43 bits per heavy atom. The topological polar surface area (TPSA) is 51.3 Å². The second kappa shape index (κ2) is 7.74. The molecule has 0 atom stereocenters. The molecule has 4 rings (SSSR count). The Labute approximate surface area is 170 Å². The summed E-state index contributed by atoms with van der Waals surface area (Å²) < 4.78 is 46.2. The number of aromatic amines is 1. The van der Waals surface area contributed by atoms with Crippen LogP contribution in [0, 0.1) is 6.92 Å². The van der Waals surface area contributed by atoms with Crippen LogP contribution >= 0.6 is 0 Å². The van der Waals surface area contributed by atoms with Gasteiger partial charge in [-0.3, -0.25) is 4.79 Å². The van der Waals surface area contributed by atoms with Crippen molar-refractivity contribution in [1.29, 1.82) is 0 Å². The Hall–Kier alpha value is -3.48. The smallest absolute Gasteiger partial charge is 0.457 e.